The van der Waals surface area contributed by atoms with Crippen molar-refractivity contribution in [3.63, 3.8) is 0 Å². The Balaban J connectivity index is 0.000000116. The first-order valence-electron chi connectivity index (χ1n) is 56.5. The summed E-state index contributed by atoms with van der Waals surface area (Å²) in [6, 6.07) is 43.9. The molecule has 15 aromatic rings. The third kappa shape index (κ3) is 15.0. The monoisotopic (exact) mass is 1770 g/mol. The van der Waals surface area contributed by atoms with Gasteiger partial charge in [0.15, 0.2) is 27.9 Å². The third-order valence-electron chi connectivity index (χ3n) is 31.8. The molecule has 7 unspecified atom stereocenters. The van der Waals surface area contributed by atoms with Gasteiger partial charge in [-0.15, -0.1) is 0 Å². The number of fused-ring (bicyclic) bond motifs is 15. The lowest BCUT2D eigenvalue weighted by Crippen LogP contribution is -2.44. The molecule has 0 radical (unpaired) electrons. The summed E-state index contributed by atoms with van der Waals surface area (Å²) in [4.78, 5) is 28.8. The van der Waals surface area contributed by atoms with Gasteiger partial charge >= 0.3 is 0 Å². The number of pyridine rings is 4. The maximum Gasteiger partial charge on any atom is 0.227 e. The zero-order chi connectivity index (χ0) is 107. The van der Waals surface area contributed by atoms with E-state index in [2.05, 4.69) is 172 Å². The molecule has 7 atom stereocenters. The molecule has 5 aliphatic heterocycles. The molecule has 9 aromatic heterocycles. The van der Waals surface area contributed by atoms with Gasteiger partial charge in [0, 0.05) is 157 Å². The summed E-state index contributed by atoms with van der Waals surface area (Å²) < 4.78 is 172. The molecule has 0 N–H and O–H groups in total. The molecule has 3 saturated carbocycles. The minimum Gasteiger partial charge on any atom is -0.454 e. The van der Waals surface area contributed by atoms with Crippen molar-refractivity contribution in [1.82, 2.24) is 19.9 Å². The number of aromatic nitrogens is 4. The highest BCUT2D eigenvalue weighted by atomic mass is 16.4. The van der Waals surface area contributed by atoms with Crippen LogP contribution in [0.2, 0.25) is 0 Å². The van der Waals surface area contributed by atoms with Crippen molar-refractivity contribution in [2.45, 2.75) is 366 Å². The van der Waals surface area contributed by atoms with Crippen LogP contribution in [0.1, 0.15) is 321 Å². The highest BCUT2D eigenvalue weighted by molar-refractivity contribution is 6.13. The molecule has 131 heavy (non-hydrogen) atoms. The molecule has 0 amide bonds. The highest BCUT2D eigenvalue weighted by Crippen LogP contribution is 2.63. The number of nitrogens with zero attached hydrogens (tertiary/aromatic N) is 9. The normalized spacial score (nSPS) is 28.9. The summed E-state index contributed by atoms with van der Waals surface area (Å²) in [6.07, 6.45) is 11.7. The molecule has 8 aliphatic rings. The van der Waals surface area contributed by atoms with E-state index in [0.717, 1.165) is 221 Å². The second-order valence-electron chi connectivity index (χ2n) is 43.1. The molecule has 8 fully saturated rings. The van der Waals surface area contributed by atoms with Gasteiger partial charge in [0.25, 0.3) is 0 Å². The van der Waals surface area contributed by atoms with Crippen LogP contribution in [0, 0.1) is 75.5 Å². The van der Waals surface area contributed by atoms with Crippen LogP contribution in [0.5, 0.6) is 0 Å². The number of aryl methyl sites for hydroxylation is 7. The summed E-state index contributed by atoms with van der Waals surface area (Å²) in [6.45, 7) is 42.2. The molecule has 3 aliphatic carbocycles. The van der Waals surface area contributed by atoms with Gasteiger partial charge < -0.3 is 46.6 Å². The maximum absolute atomic E-state index is 9.34. The van der Waals surface area contributed by atoms with E-state index in [1.54, 1.807) is 60.9 Å². The first kappa shape index (κ1) is 72.5. The largest absolute Gasteiger partial charge is 0.454 e. The third-order valence-corrected chi connectivity index (χ3v) is 31.8. The zero-order valence-corrected chi connectivity index (χ0v) is 81.9. The van der Waals surface area contributed by atoms with E-state index in [9.17, 15) is 8.22 Å². The molecular formula is C117H147N9O5. The number of anilines is 5. The standard InChI is InChI=1S/C25H32N2O.C25H31NO.C24H30N2O.C22H28N2O.C21H26N2O/c1-16-9-11-19-20-12-10-17(2)26-23(20)28-22(19)21(16)27-18(3)25(15-24(27,4)5)13-7-6-8-14-25;1-17-12-13-20-19-10-6-7-11-21(19)27-23(20)22(17)26-18(2)25(16-24(26,3)4)14-8-5-9-15-25;1-16-10-11-18-19-9-8-14-25-22(19)27-21(18)20(16)26-17(2)24(15-23(26,3)4)12-6-5-7-13-24;1-13-8-10-16-17-11-9-14(2)23-20(17)25-19(16)18(13)24-15(3)21(4,5)12-22(24,6)7;1-13-9-10-15-16-8-7-11-22-19(16)24-18(15)17(13)23-14(2)20(3,4)12-21(23,5)6/h9-12,18H,6-8,13-15H2,1-5H3;6-7,10-13,18H,5,8-9,14-16H2,1-4H3;8-11,14,17H,5-7,12-13,15H2,1-4H3;8-11,15H,12H2,1-7H3;7-11,14H,12H2,1-6H3/i15D2;16D2;15D2;4D3,12D2;3D3,12D2. The predicted octanol–water partition coefficient (Wildman–Crippen LogP) is 32.5. The summed E-state index contributed by atoms with van der Waals surface area (Å²) in [5, 5.41) is 9.97. The van der Waals surface area contributed by atoms with E-state index < -0.39 is 96.2 Å². The van der Waals surface area contributed by atoms with Crippen molar-refractivity contribution in [3.05, 3.63) is 185 Å². The SMILES string of the molecule is [2H]C([2H])([2H])C1(C)C(C)N(c2c(C)ccc3c2oc2nc(C)ccc23)C(C)(C)C1([2H])[2H].[2H]C([2H])([2H])C1(C)C(C)N(c2c(C)ccc3c2oc2ncccc23)C(C)(C)C1([2H])[2H].[2H]C1([2H])C2(CCCCC2)C(C)N(c2c(C)ccc3c2oc2ccccc23)C1(C)C.[2H]C1([2H])C2(CCCCC2)C(C)N(c2c(C)ccc3c2oc2nc(C)ccc23)C1(C)C.[2H]C1([2H])C2(CCCCC2)C(C)N(c2c(C)ccc3c2oc2ncccc23)C1(C)C. The molecule has 14 nitrogen and oxygen atoms in total. The molecule has 0 bridgehead atoms. The quantitative estimate of drug-likeness (QED) is 0.162. The lowest BCUT2D eigenvalue weighted by atomic mass is 9.68. The second-order valence-corrected chi connectivity index (χ2v) is 43.1. The molecule has 690 valence electrons. The van der Waals surface area contributed by atoms with Crippen molar-refractivity contribution < 1.29 is 44.0 Å². The smallest absolute Gasteiger partial charge is 0.227 e. The fraction of sp³-hybridized carbons (Fsp3) is 0.521. The van der Waals surface area contributed by atoms with Crippen LogP contribution < -0.4 is 24.5 Å². The molecule has 3 spiro atoms. The Labute approximate surface area is 801 Å². The van der Waals surface area contributed by atoms with Crippen molar-refractivity contribution in [3.8, 4) is 0 Å². The van der Waals surface area contributed by atoms with Crippen LogP contribution in [0.15, 0.2) is 168 Å². The van der Waals surface area contributed by atoms with Crippen LogP contribution in [0.25, 0.3) is 110 Å². The van der Waals surface area contributed by atoms with Gasteiger partial charge in [0.1, 0.15) is 5.58 Å². The molecule has 23 rings (SSSR count). The molecule has 14 heteroatoms. The number of rotatable bonds is 5. The minimum absolute atomic E-state index is 0.0926. The molecule has 14 heterocycles. The minimum atomic E-state index is -2.48. The first-order valence-corrected chi connectivity index (χ1v) is 48.5. The van der Waals surface area contributed by atoms with Gasteiger partial charge in [0.2, 0.25) is 22.9 Å². The summed E-state index contributed by atoms with van der Waals surface area (Å²) >= 11 is 0. The Bertz CT molecular complexity index is 7510. The maximum atomic E-state index is 9.34. The summed E-state index contributed by atoms with van der Waals surface area (Å²) in [5.74, 6) is 0. The first-order chi connectivity index (χ1) is 68.5. The number of hydrogen-bond acceptors (Lipinski definition) is 14. The number of para-hydroxylation sites is 1. The topological polar surface area (TPSA) is 133 Å². The molecular weight excluding hydrogens is 1610 g/mol. The van der Waals surface area contributed by atoms with Crippen LogP contribution in [0.4, 0.5) is 28.4 Å². The predicted molar refractivity (Wildman–Crippen MR) is 550 cm³/mol. The number of benzene rings is 6. The lowest BCUT2D eigenvalue weighted by Gasteiger charge is -2.41. The fourth-order valence-electron chi connectivity index (χ4n) is 25.8. The van der Waals surface area contributed by atoms with Crippen LogP contribution in [-0.2, 0) is 0 Å². The Morgan fingerprint density at radius 3 is 0.855 bits per heavy atom. The van der Waals surface area contributed by atoms with E-state index >= 15 is 0 Å². The van der Waals surface area contributed by atoms with E-state index in [1.165, 1.54) is 19.3 Å². The number of hydrogen-bond donors (Lipinski definition) is 0. The van der Waals surface area contributed by atoms with Gasteiger partial charge in [-0.2, -0.15) is 0 Å². The Hall–Kier alpha value is -10.1. The fourth-order valence-corrected chi connectivity index (χ4v) is 25.8. The average Bonchev–Trinajstić information content (AvgIpc) is 1.44. The Morgan fingerprint density at radius 1 is 0.282 bits per heavy atom. The second kappa shape index (κ2) is 32.4. The van der Waals surface area contributed by atoms with Crippen molar-refractivity contribution in [1.29, 1.82) is 0 Å². The zero-order valence-electron chi connectivity index (χ0n) is 97.9. The van der Waals surface area contributed by atoms with Gasteiger partial charge in [0.05, 0.1) is 28.4 Å². The van der Waals surface area contributed by atoms with Crippen LogP contribution in [-0.4, -0.2) is 77.8 Å². The Kier molecular flexibility index (Phi) is 17.9. The number of furan rings is 5. The van der Waals surface area contributed by atoms with E-state index in [1.807, 2.05) is 123 Å². The van der Waals surface area contributed by atoms with Crippen molar-refractivity contribution in [2.24, 2.45) is 27.1 Å². The molecule has 6 aromatic carbocycles. The summed E-state index contributed by atoms with van der Waals surface area (Å²) in [5.41, 5.74) is 10.5. The van der Waals surface area contributed by atoms with Crippen molar-refractivity contribution in [2.75, 3.05) is 24.5 Å². The van der Waals surface area contributed by atoms with Crippen LogP contribution >= 0.6 is 0 Å². The Morgan fingerprint density at radius 2 is 0.542 bits per heavy atom. The van der Waals surface area contributed by atoms with Gasteiger partial charge in [-0.3, -0.25) is 0 Å². The average molecular weight is 1780 g/mol. The van der Waals surface area contributed by atoms with Gasteiger partial charge in [-0.25, -0.2) is 19.9 Å². The van der Waals surface area contributed by atoms with E-state index in [-0.39, 0.29) is 34.4 Å². The van der Waals surface area contributed by atoms with E-state index in [0.29, 0.717) is 34.0 Å². The summed E-state index contributed by atoms with van der Waals surface area (Å²) in [7, 11) is 0. The van der Waals surface area contributed by atoms with E-state index in [4.69, 9.17) is 35.8 Å². The highest BCUT2D eigenvalue weighted by Gasteiger charge is 2.59. The van der Waals surface area contributed by atoms with Gasteiger partial charge in [-0.1, -0.05) is 164 Å². The van der Waals surface area contributed by atoms with Gasteiger partial charge in [-0.05, 0) is 332 Å². The van der Waals surface area contributed by atoms with Crippen LogP contribution in [0.3, 0.4) is 0 Å². The van der Waals surface area contributed by atoms with Crippen molar-refractivity contribution >= 4 is 139 Å². The lowest BCUT2D eigenvalue weighted by molar-refractivity contribution is 0.170. The molecule has 5 saturated heterocycles.